The molecule has 0 radical (unpaired) electrons. The number of methoxy groups -OCH3 is 1. The van der Waals surface area contributed by atoms with E-state index in [1.165, 1.54) is 0 Å². The highest BCUT2D eigenvalue weighted by Gasteiger charge is 2.23. The topological polar surface area (TPSA) is 77.5 Å². The van der Waals surface area contributed by atoms with Gasteiger partial charge in [0, 0.05) is 5.56 Å². The van der Waals surface area contributed by atoms with Crippen molar-refractivity contribution < 1.29 is 19.1 Å². The highest BCUT2D eigenvalue weighted by molar-refractivity contribution is 5.89. The molecule has 0 amide bonds. The van der Waals surface area contributed by atoms with Crippen LogP contribution in [0.4, 0.5) is 0 Å². The zero-order valence-electron chi connectivity index (χ0n) is 13.0. The molecule has 1 N–H and O–H groups in total. The van der Waals surface area contributed by atoms with Crippen LogP contribution >= 0.6 is 0 Å². The maximum atomic E-state index is 11.4. The number of aromatic carboxylic acids is 1. The fourth-order valence-electron chi connectivity index (χ4n) is 2.45. The molecule has 2 aromatic heterocycles. The van der Waals surface area contributed by atoms with Gasteiger partial charge in [0.15, 0.2) is 11.5 Å². The van der Waals surface area contributed by atoms with Crippen molar-refractivity contribution in [1.82, 2.24) is 9.78 Å². The molecule has 0 spiro atoms. The predicted octanol–water partition coefficient (Wildman–Crippen LogP) is 3.46. The second-order valence-corrected chi connectivity index (χ2v) is 5.23. The van der Waals surface area contributed by atoms with Crippen LogP contribution in [0.3, 0.4) is 0 Å². The van der Waals surface area contributed by atoms with Crippen LogP contribution in [-0.4, -0.2) is 28.0 Å². The van der Waals surface area contributed by atoms with Crippen molar-refractivity contribution in [1.29, 1.82) is 0 Å². The van der Waals surface area contributed by atoms with E-state index in [9.17, 15) is 9.90 Å². The number of carboxylic acid groups (broad SMARTS) is 1. The molecule has 3 aromatic rings. The Labute approximate surface area is 132 Å². The zero-order valence-corrected chi connectivity index (χ0v) is 13.0. The Balaban J connectivity index is 2.21. The summed E-state index contributed by atoms with van der Waals surface area (Å²) in [6.07, 6.45) is 1.63. The summed E-state index contributed by atoms with van der Waals surface area (Å²) in [5, 5.41) is 13.6. The minimum atomic E-state index is -1.07. The molecule has 118 valence electrons. The second-order valence-electron chi connectivity index (χ2n) is 5.23. The van der Waals surface area contributed by atoms with E-state index < -0.39 is 5.97 Å². The average molecular weight is 312 g/mol. The van der Waals surface area contributed by atoms with Crippen LogP contribution in [-0.2, 0) is 0 Å². The lowest BCUT2D eigenvalue weighted by molar-refractivity contribution is 0.0689. The Morgan fingerprint density at radius 2 is 1.96 bits per heavy atom. The fourth-order valence-corrected chi connectivity index (χ4v) is 2.45. The minimum absolute atomic E-state index is 0.00451. The van der Waals surface area contributed by atoms with Crippen molar-refractivity contribution in [3.63, 3.8) is 0 Å². The first-order valence-corrected chi connectivity index (χ1v) is 7.04. The summed E-state index contributed by atoms with van der Waals surface area (Å²) in [6.45, 7) is 3.64. The summed E-state index contributed by atoms with van der Waals surface area (Å²) in [5.41, 5.74) is 2.87. The first-order chi connectivity index (χ1) is 11.0. The summed E-state index contributed by atoms with van der Waals surface area (Å²) >= 11 is 0. The SMILES string of the molecule is COc1ccc(-n2nc(C(=O)O)c(C)c2-c2cc(C)co2)cc1. The number of aryl methyl sites for hydroxylation is 1. The molecular weight excluding hydrogens is 296 g/mol. The van der Waals surface area contributed by atoms with Crippen LogP contribution in [0, 0.1) is 13.8 Å². The molecule has 0 bridgehead atoms. The molecule has 2 heterocycles. The number of furan rings is 1. The number of carbonyl (C=O) groups is 1. The van der Waals surface area contributed by atoms with Crippen LogP contribution in [0.25, 0.3) is 17.1 Å². The van der Waals surface area contributed by atoms with Gasteiger partial charge in [-0.25, -0.2) is 9.48 Å². The number of benzene rings is 1. The van der Waals surface area contributed by atoms with Crippen molar-refractivity contribution in [2.24, 2.45) is 0 Å². The van der Waals surface area contributed by atoms with Crippen molar-refractivity contribution in [2.45, 2.75) is 13.8 Å². The number of rotatable bonds is 4. The first-order valence-electron chi connectivity index (χ1n) is 7.04. The molecule has 0 fully saturated rings. The third-order valence-corrected chi connectivity index (χ3v) is 3.61. The Kier molecular flexibility index (Phi) is 3.65. The third kappa shape index (κ3) is 2.59. The fraction of sp³-hybridized carbons (Fsp3) is 0.176. The quantitative estimate of drug-likeness (QED) is 0.798. The van der Waals surface area contributed by atoms with Gasteiger partial charge in [0.25, 0.3) is 0 Å². The average Bonchev–Trinajstić information content (AvgIpc) is 3.10. The molecule has 6 heteroatoms. The predicted molar refractivity (Wildman–Crippen MR) is 84.3 cm³/mol. The van der Waals surface area contributed by atoms with Gasteiger partial charge in [-0.05, 0) is 49.7 Å². The van der Waals surface area contributed by atoms with Gasteiger partial charge in [-0.2, -0.15) is 5.10 Å². The summed E-state index contributed by atoms with van der Waals surface area (Å²) in [7, 11) is 1.59. The van der Waals surface area contributed by atoms with E-state index in [0.717, 1.165) is 11.3 Å². The van der Waals surface area contributed by atoms with E-state index in [4.69, 9.17) is 9.15 Å². The number of carboxylic acids is 1. The van der Waals surface area contributed by atoms with Crippen molar-refractivity contribution in [3.8, 4) is 22.9 Å². The normalized spacial score (nSPS) is 10.7. The molecule has 0 saturated heterocycles. The lowest BCUT2D eigenvalue weighted by atomic mass is 10.1. The standard InChI is InChI=1S/C17H16N2O4/c1-10-8-14(23-9-10)16-11(2)15(17(20)21)18-19(16)12-4-6-13(22-3)7-5-12/h4-9H,1-3H3,(H,20,21). The molecule has 0 aliphatic rings. The molecule has 0 aliphatic carbocycles. The van der Waals surface area contributed by atoms with E-state index in [1.54, 1.807) is 37.1 Å². The van der Waals surface area contributed by atoms with Gasteiger partial charge in [0.05, 0.1) is 19.1 Å². The summed E-state index contributed by atoms with van der Waals surface area (Å²) in [5.74, 6) is 0.224. The van der Waals surface area contributed by atoms with Gasteiger partial charge in [0.2, 0.25) is 0 Å². The molecule has 0 unspecified atom stereocenters. The highest BCUT2D eigenvalue weighted by Crippen LogP contribution is 2.30. The van der Waals surface area contributed by atoms with Gasteiger partial charge in [-0.15, -0.1) is 0 Å². The molecular formula is C17H16N2O4. The molecule has 0 saturated carbocycles. The molecule has 6 nitrogen and oxygen atoms in total. The Bertz CT molecular complexity index is 859. The van der Waals surface area contributed by atoms with E-state index in [0.29, 0.717) is 22.8 Å². The second kappa shape index (κ2) is 5.64. The smallest absolute Gasteiger partial charge is 0.356 e. The van der Waals surface area contributed by atoms with Crippen LogP contribution in [0.2, 0.25) is 0 Å². The summed E-state index contributed by atoms with van der Waals surface area (Å²) in [4.78, 5) is 11.4. The van der Waals surface area contributed by atoms with Crippen molar-refractivity contribution in [2.75, 3.05) is 7.11 Å². The van der Waals surface area contributed by atoms with Crippen LogP contribution in [0.1, 0.15) is 21.6 Å². The Morgan fingerprint density at radius 1 is 1.26 bits per heavy atom. The van der Waals surface area contributed by atoms with Gasteiger partial charge in [-0.3, -0.25) is 0 Å². The van der Waals surface area contributed by atoms with E-state index in [1.807, 2.05) is 25.1 Å². The number of hydrogen-bond acceptors (Lipinski definition) is 4. The van der Waals surface area contributed by atoms with Gasteiger partial charge in [0.1, 0.15) is 11.4 Å². The summed E-state index contributed by atoms with van der Waals surface area (Å²) in [6, 6.07) is 9.08. The largest absolute Gasteiger partial charge is 0.497 e. The Hall–Kier alpha value is -3.02. The number of ether oxygens (including phenoxy) is 1. The van der Waals surface area contributed by atoms with Crippen LogP contribution in [0.5, 0.6) is 5.75 Å². The van der Waals surface area contributed by atoms with E-state index >= 15 is 0 Å². The minimum Gasteiger partial charge on any atom is -0.497 e. The van der Waals surface area contributed by atoms with Crippen molar-refractivity contribution in [3.05, 3.63) is 53.4 Å². The van der Waals surface area contributed by atoms with Crippen LogP contribution in [0.15, 0.2) is 41.0 Å². The van der Waals surface area contributed by atoms with Crippen LogP contribution < -0.4 is 4.74 Å². The highest BCUT2D eigenvalue weighted by atomic mass is 16.5. The maximum absolute atomic E-state index is 11.4. The van der Waals surface area contributed by atoms with E-state index in [2.05, 4.69) is 5.10 Å². The first kappa shape index (κ1) is 14.9. The molecule has 23 heavy (non-hydrogen) atoms. The monoisotopic (exact) mass is 312 g/mol. The zero-order chi connectivity index (χ0) is 16.6. The number of nitrogens with zero attached hydrogens (tertiary/aromatic N) is 2. The Morgan fingerprint density at radius 3 is 2.48 bits per heavy atom. The summed E-state index contributed by atoms with van der Waals surface area (Å²) < 4.78 is 12.3. The maximum Gasteiger partial charge on any atom is 0.356 e. The van der Waals surface area contributed by atoms with E-state index in [-0.39, 0.29) is 5.69 Å². The molecule has 0 aliphatic heterocycles. The lowest BCUT2D eigenvalue weighted by Gasteiger charge is -2.07. The molecule has 1 aromatic carbocycles. The molecule has 0 atom stereocenters. The number of hydrogen-bond donors (Lipinski definition) is 1. The molecule has 3 rings (SSSR count). The van der Waals surface area contributed by atoms with Gasteiger partial charge < -0.3 is 14.3 Å². The van der Waals surface area contributed by atoms with Gasteiger partial charge >= 0.3 is 5.97 Å². The van der Waals surface area contributed by atoms with Gasteiger partial charge in [-0.1, -0.05) is 0 Å². The third-order valence-electron chi connectivity index (χ3n) is 3.61. The van der Waals surface area contributed by atoms with Crippen molar-refractivity contribution >= 4 is 5.97 Å². The lowest BCUT2D eigenvalue weighted by Crippen LogP contribution is -2.02. The number of aromatic nitrogens is 2.